The van der Waals surface area contributed by atoms with E-state index in [1.807, 2.05) is 0 Å². The largest absolute Gasteiger partial charge is 0.353 e. The lowest BCUT2D eigenvalue weighted by Crippen LogP contribution is -2.47. The summed E-state index contributed by atoms with van der Waals surface area (Å²) in [5.41, 5.74) is 6.13. The molecular formula is C16H32ClN3O. The molecule has 2 aliphatic rings. The van der Waals surface area contributed by atoms with Gasteiger partial charge in [-0.05, 0) is 45.4 Å². The molecule has 5 heteroatoms. The maximum Gasteiger partial charge on any atom is 0.220 e. The normalized spacial score (nSPS) is 28.2. The van der Waals surface area contributed by atoms with Gasteiger partial charge in [0, 0.05) is 37.6 Å². The van der Waals surface area contributed by atoms with Crippen LogP contribution in [0.5, 0.6) is 0 Å². The Morgan fingerprint density at radius 1 is 1.19 bits per heavy atom. The number of carbonyl (C=O) groups is 1. The third-order valence-corrected chi connectivity index (χ3v) is 5.04. The molecule has 0 spiro atoms. The lowest BCUT2D eigenvalue weighted by molar-refractivity contribution is -0.123. The molecule has 2 fully saturated rings. The molecule has 1 aliphatic heterocycles. The van der Waals surface area contributed by atoms with E-state index in [1.165, 1.54) is 12.8 Å². The highest BCUT2D eigenvalue weighted by atomic mass is 35.5. The predicted molar refractivity (Wildman–Crippen MR) is 89.7 cm³/mol. The van der Waals surface area contributed by atoms with E-state index in [1.54, 1.807) is 0 Å². The summed E-state index contributed by atoms with van der Waals surface area (Å²) in [4.78, 5) is 14.6. The van der Waals surface area contributed by atoms with Crippen LogP contribution >= 0.6 is 12.4 Å². The van der Waals surface area contributed by atoms with Gasteiger partial charge in [-0.25, -0.2) is 0 Å². The first-order valence-corrected chi connectivity index (χ1v) is 8.35. The number of piperidine rings is 1. The molecule has 3 N–H and O–H groups in total. The van der Waals surface area contributed by atoms with Gasteiger partial charge in [-0.15, -0.1) is 12.4 Å². The van der Waals surface area contributed by atoms with Crippen molar-refractivity contribution in [3.8, 4) is 0 Å². The maximum atomic E-state index is 12.2. The van der Waals surface area contributed by atoms with Crippen molar-refractivity contribution in [2.24, 2.45) is 11.7 Å². The summed E-state index contributed by atoms with van der Waals surface area (Å²) in [6, 6.07) is 1.22. The average molecular weight is 318 g/mol. The molecule has 0 aromatic rings. The Bertz CT molecular complexity index is 317. The molecule has 21 heavy (non-hydrogen) atoms. The van der Waals surface area contributed by atoms with E-state index in [-0.39, 0.29) is 24.4 Å². The molecule has 0 radical (unpaired) electrons. The van der Waals surface area contributed by atoms with E-state index in [0.717, 1.165) is 38.8 Å². The van der Waals surface area contributed by atoms with Gasteiger partial charge >= 0.3 is 0 Å². The molecule has 1 aliphatic carbocycles. The first kappa shape index (κ1) is 18.7. The van der Waals surface area contributed by atoms with Crippen LogP contribution in [0.25, 0.3) is 0 Å². The van der Waals surface area contributed by atoms with Crippen molar-refractivity contribution in [3.63, 3.8) is 0 Å². The molecule has 4 nitrogen and oxygen atoms in total. The van der Waals surface area contributed by atoms with E-state index < -0.39 is 0 Å². The molecule has 1 heterocycles. The summed E-state index contributed by atoms with van der Waals surface area (Å²) in [7, 11) is 0. The van der Waals surface area contributed by atoms with Crippen LogP contribution in [0.3, 0.4) is 0 Å². The number of nitrogens with zero attached hydrogens (tertiary/aromatic N) is 1. The second-order valence-electron chi connectivity index (χ2n) is 6.88. The third-order valence-electron chi connectivity index (χ3n) is 5.04. The van der Waals surface area contributed by atoms with Crippen molar-refractivity contribution in [1.29, 1.82) is 0 Å². The van der Waals surface area contributed by atoms with Gasteiger partial charge in [0.15, 0.2) is 0 Å². The van der Waals surface area contributed by atoms with Crippen molar-refractivity contribution >= 4 is 18.3 Å². The Morgan fingerprint density at radius 3 is 2.38 bits per heavy atom. The topological polar surface area (TPSA) is 58.4 Å². The molecule has 2 atom stereocenters. The van der Waals surface area contributed by atoms with Crippen molar-refractivity contribution in [1.82, 2.24) is 10.2 Å². The first-order chi connectivity index (χ1) is 9.56. The smallest absolute Gasteiger partial charge is 0.220 e. The van der Waals surface area contributed by atoms with Crippen LogP contribution in [0.1, 0.15) is 58.8 Å². The molecule has 1 saturated carbocycles. The highest BCUT2D eigenvalue weighted by Gasteiger charge is 2.26. The summed E-state index contributed by atoms with van der Waals surface area (Å²) >= 11 is 0. The fourth-order valence-corrected chi connectivity index (χ4v) is 3.57. The highest BCUT2D eigenvalue weighted by Crippen LogP contribution is 2.25. The van der Waals surface area contributed by atoms with Crippen LogP contribution in [0.4, 0.5) is 0 Å². The minimum atomic E-state index is 0. The van der Waals surface area contributed by atoms with E-state index in [0.29, 0.717) is 24.4 Å². The van der Waals surface area contributed by atoms with E-state index >= 15 is 0 Å². The van der Waals surface area contributed by atoms with Crippen molar-refractivity contribution in [2.75, 3.05) is 13.1 Å². The maximum absolute atomic E-state index is 12.2. The fourth-order valence-electron chi connectivity index (χ4n) is 3.57. The van der Waals surface area contributed by atoms with Crippen LogP contribution in [0.2, 0.25) is 0 Å². The zero-order chi connectivity index (χ0) is 14.5. The number of hydrogen-bond acceptors (Lipinski definition) is 3. The second kappa shape index (κ2) is 8.96. The van der Waals surface area contributed by atoms with Gasteiger partial charge in [-0.1, -0.05) is 12.8 Å². The van der Waals surface area contributed by atoms with Gasteiger partial charge in [0.05, 0.1) is 0 Å². The minimum absolute atomic E-state index is 0. The van der Waals surface area contributed by atoms with Crippen LogP contribution in [0.15, 0.2) is 0 Å². The number of likely N-dealkylation sites (tertiary alicyclic amines) is 1. The zero-order valence-electron chi connectivity index (χ0n) is 13.5. The van der Waals surface area contributed by atoms with Gasteiger partial charge in [-0.3, -0.25) is 4.79 Å². The Labute approximate surface area is 135 Å². The minimum Gasteiger partial charge on any atom is -0.353 e. The molecule has 0 bridgehead atoms. The Balaban J connectivity index is 0.00000220. The molecule has 2 rings (SSSR count). The average Bonchev–Trinajstić information content (AvgIpc) is 2.42. The van der Waals surface area contributed by atoms with Crippen molar-refractivity contribution < 1.29 is 4.79 Å². The van der Waals surface area contributed by atoms with E-state index in [4.69, 9.17) is 5.73 Å². The Morgan fingerprint density at radius 2 is 1.81 bits per heavy atom. The van der Waals surface area contributed by atoms with Crippen molar-refractivity contribution in [3.05, 3.63) is 0 Å². The molecule has 124 valence electrons. The number of amides is 1. The van der Waals surface area contributed by atoms with Crippen LogP contribution in [-0.4, -0.2) is 42.0 Å². The van der Waals surface area contributed by atoms with E-state index in [9.17, 15) is 4.79 Å². The van der Waals surface area contributed by atoms with E-state index in [2.05, 4.69) is 24.1 Å². The number of nitrogens with one attached hydrogen (secondary N) is 1. The molecule has 1 saturated heterocycles. The van der Waals surface area contributed by atoms with Crippen molar-refractivity contribution in [2.45, 2.75) is 76.9 Å². The monoisotopic (exact) mass is 317 g/mol. The highest BCUT2D eigenvalue weighted by molar-refractivity contribution is 5.85. The number of halogens is 1. The summed E-state index contributed by atoms with van der Waals surface area (Å²) in [5, 5.41) is 3.23. The number of nitrogens with two attached hydrogens (primary N) is 1. The van der Waals surface area contributed by atoms with Crippen LogP contribution in [0, 0.1) is 5.92 Å². The first-order valence-electron chi connectivity index (χ1n) is 8.35. The van der Waals surface area contributed by atoms with Crippen LogP contribution < -0.4 is 11.1 Å². The number of carbonyl (C=O) groups excluding carboxylic acids is 1. The van der Waals surface area contributed by atoms with Gasteiger partial charge in [0.25, 0.3) is 0 Å². The summed E-state index contributed by atoms with van der Waals surface area (Å²) in [6.45, 7) is 6.68. The summed E-state index contributed by atoms with van der Waals surface area (Å²) in [5.74, 6) is 0.620. The van der Waals surface area contributed by atoms with Crippen LogP contribution in [-0.2, 0) is 4.79 Å². The SMILES string of the molecule is CC(C)N1CCC(NC(=O)CC2CCCCC2N)CC1.Cl. The van der Waals surface area contributed by atoms with Gasteiger partial charge < -0.3 is 16.0 Å². The standard InChI is InChI=1S/C16H31N3O.ClH/c1-12(2)19-9-7-14(8-10-19)18-16(20)11-13-5-3-4-6-15(13)17;/h12-15H,3-11,17H2,1-2H3,(H,18,20);1H. The zero-order valence-corrected chi connectivity index (χ0v) is 14.3. The Kier molecular flexibility index (Phi) is 7.99. The summed E-state index contributed by atoms with van der Waals surface area (Å²) in [6.07, 6.45) is 7.48. The molecule has 1 amide bonds. The molecule has 2 unspecified atom stereocenters. The fraction of sp³-hybridized carbons (Fsp3) is 0.938. The lowest BCUT2D eigenvalue weighted by Gasteiger charge is -2.35. The second-order valence-corrected chi connectivity index (χ2v) is 6.88. The van der Waals surface area contributed by atoms with Gasteiger partial charge in [0.2, 0.25) is 5.91 Å². The molecule has 0 aromatic carbocycles. The van der Waals surface area contributed by atoms with Gasteiger partial charge in [0.1, 0.15) is 0 Å². The van der Waals surface area contributed by atoms with Gasteiger partial charge in [-0.2, -0.15) is 0 Å². The predicted octanol–water partition coefficient (Wildman–Crippen LogP) is 2.30. The third kappa shape index (κ3) is 5.76. The summed E-state index contributed by atoms with van der Waals surface area (Å²) < 4.78 is 0. The molecular weight excluding hydrogens is 286 g/mol. The number of hydrogen-bond donors (Lipinski definition) is 2. The molecule has 0 aromatic heterocycles. The Hall–Kier alpha value is -0.320. The quantitative estimate of drug-likeness (QED) is 0.836. The lowest BCUT2D eigenvalue weighted by atomic mass is 9.83. The number of rotatable bonds is 4.